The maximum atomic E-state index is 13.2. The molecular formula is C19H27FN2O2. The molecule has 0 spiro atoms. The van der Waals surface area contributed by atoms with Crippen molar-refractivity contribution in [2.75, 3.05) is 24.6 Å². The quantitative estimate of drug-likeness (QED) is 0.848. The first-order valence-electron chi connectivity index (χ1n) is 8.99. The lowest BCUT2D eigenvalue weighted by Crippen LogP contribution is -2.57. The van der Waals surface area contributed by atoms with E-state index in [1.807, 2.05) is 9.80 Å². The molecule has 5 heteroatoms. The highest BCUT2D eigenvalue weighted by atomic mass is 19.1. The third kappa shape index (κ3) is 3.72. The zero-order valence-corrected chi connectivity index (χ0v) is 14.6. The average Bonchev–Trinajstić information content (AvgIpc) is 2.59. The predicted octanol–water partition coefficient (Wildman–Crippen LogP) is 3.21. The third-order valence-electron chi connectivity index (χ3n) is 5.14. The van der Waals surface area contributed by atoms with Crippen LogP contribution in [0.25, 0.3) is 0 Å². The third-order valence-corrected chi connectivity index (χ3v) is 5.14. The molecule has 2 aliphatic rings. The number of fused-ring (bicyclic) bond motifs is 1. The molecule has 1 aromatic carbocycles. The Morgan fingerprint density at radius 1 is 1.29 bits per heavy atom. The van der Waals surface area contributed by atoms with E-state index >= 15 is 0 Å². The second-order valence-corrected chi connectivity index (χ2v) is 7.05. The van der Waals surface area contributed by atoms with E-state index in [-0.39, 0.29) is 29.9 Å². The molecule has 0 radical (unpaired) electrons. The maximum absolute atomic E-state index is 13.2. The largest absolute Gasteiger partial charge is 0.374 e. The normalized spacial score (nSPS) is 23.9. The van der Waals surface area contributed by atoms with Crippen molar-refractivity contribution in [1.82, 2.24) is 4.90 Å². The van der Waals surface area contributed by atoms with Gasteiger partial charge in [-0.2, -0.15) is 0 Å². The molecule has 0 N–H and O–H groups in total. The van der Waals surface area contributed by atoms with E-state index in [9.17, 15) is 9.18 Å². The summed E-state index contributed by atoms with van der Waals surface area (Å²) in [5.74, 6) is -0.111. The monoisotopic (exact) mass is 334 g/mol. The Bertz CT molecular complexity index is 559. The van der Waals surface area contributed by atoms with Crippen LogP contribution in [0.4, 0.5) is 10.1 Å². The molecule has 0 aromatic heterocycles. The van der Waals surface area contributed by atoms with E-state index in [4.69, 9.17) is 4.74 Å². The first-order chi connectivity index (χ1) is 11.6. The lowest BCUT2D eigenvalue weighted by atomic mass is 9.90. The van der Waals surface area contributed by atoms with Gasteiger partial charge in [0.2, 0.25) is 5.91 Å². The highest BCUT2D eigenvalue weighted by molar-refractivity contribution is 5.82. The molecule has 1 saturated heterocycles. The molecule has 2 unspecified atom stereocenters. The molecule has 0 bridgehead atoms. The molecule has 3 rings (SSSR count). The van der Waals surface area contributed by atoms with Crippen molar-refractivity contribution in [2.24, 2.45) is 0 Å². The standard InChI is InChI=1S/C19H27FN2O2/c1-14(2)22(16-9-7-15(20)8-10-16)13-19(23)21-11-12-24-18-6-4-3-5-17(18)21/h7-10,14,17-18H,3-6,11-13H2,1-2H3. The van der Waals surface area contributed by atoms with Gasteiger partial charge in [-0.1, -0.05) is 12.8 Å². The number of carbonyl (C=O) groups excluding carboxylic acids is 1. The van der Waals surface area contributed by atoms with Crippen LogP contribution in [0, 0.1) is 5.82 Å². The summed E-state index contributed by atoms with van der Waals surface area (Å²) < 4.78 is 19.0. The van der Waals surface area contributed by atoms with Crippen molar-refractivity contribution in [1.29, 1.82) is 0 Å². The van der Waals surface area contributed by atoms with Gasteiger partial charge >= 0.3 is 0 Å². The summed E-state index contributed by atoms with van der Waals surface area (Å²) in [6, 6.07) is 6.77. The fraction of sp³-hybridized carbons (Fsp3) is 0.632. The molecule has 132 valence electrons. The first kappa shape index (κ1) is 17.2. The van der Waals surface area contributed by atoms with Gasteiger partial charge in [0.05, 0.1) is 25.3 Å². The number of morpholine rings is 1. The Labute approximate surface area is 143 Å². The van der Waals surface area contributed by atoms with Crippen molar-refractivity contribution >= 4 is 11.6 Å². The van der Waals surface area contributed by atoms with Gasteiger partial charge in [0.1, 0.15) is 5.82 Å². The number of anilines is 1. The van der Waals surface area contributed by atoms with Crippen molar-refractivity contribution in [3.05, 3.63) is 30.1 Å². The Morgan fingerprint density at radius 2 is 2.00 bits per heavy atom. The Morgan fingerprint density at radius 3 is 2.71 bits per heavy atom. The average molecular weight is 334 g/mol. The minimum atomic E-state index is -0.257. The highest BCUT2D eigenvalue weighted by Gasteiger charge is 2.37. The van der Waals surface area contributed by atoms with E-state index < -0.39 is 0 Å². The number of hydrogen-bond acceptors (Lipinski definition) is 3. The number of nitrogens with zero attached hydrogens (tertiary/aromatic N) is 2. The number of rotatable bonds is 4. The first-order valence-corrected chi connectivity index (χ1v) is 8.99. The lowest BCUT2D eigenvalue weighted by molar-refractivity contribution is -0.148. The molecular weight excluding hydrogens is 307 g/mol. The van der Waals surface area contributed by atoms with Crippen molar-refractivity contribution in [3.63, 3.8) is 0 Å². The molecule has 1 aliphatic heterocycles. The number of carbonyl (C=O) groups is 1. The van der Waals surface area contributed by atoms with Gasteiger partial charge < -0.3 is 14.5 Å². The fourth-order valence-corrected chi connectivity index (χ4v) is 3.85. The Kier molecular flexibility index (Phi) is 5.39. The van der Waals surface area contributed by atoms with Crippen LogP contribution in [-0.2, 0) is 9.53 Å². The number of benzene rings is 1. The number of ether oxygens (including phenoxy) is 1. The van der Waals surface area contributed by atoms with Crippen LogP contribution in [0.15, 0.2) is 24.3 Å². The molecule has 1 saturated carbocycles. The zero-order valence-electron chi connectivity index (χ0n) is 14.6. The molecule has 1 amide bonds. The molecule has 1 aliphatic carbocycles. The molecule has 4 nitrogen and oxygen atoms in total. The van der Waals surface area contributed by atoms with Crippen LogP contribution < -0.4 is 4.90 Å². The van der Waals surface area contributed by atoms with Crippen molar-refractivity contribution in [2.45, 2.75) is 57.7 Å². The minimum absolute atomic E-state index is 0.147. The lowest BCUT2D eigenvalue weighted by Gasteiger charge is -2.44. The van der Waals surface area contributed by atoms with E-state index in [2.05, 4.69) is 13.8 Å². The van der Waals surface area contributed by atoms with Gasteiger partial charge in [0, 0.05) is 18.3 Å². The SMILES string of the molecule is CC(C)N(CC(=O)N1CCOC2CCCCC21)c1ccc(F)cc1. The molecule has 2 fully saturated rings. The van der Waals surface area contributed by atoms with Gasteiger partial charge in [-0.05, 0) is 51.0 Å². The van der Waals surface area contributed by atoms with Crippen LogP contribution in [0.2, 0.25) is 0 Å². The smallest absolute Gasteiger partial charge is 0.242 e. The second kappa shape index (κ2) is 7.51. The van der Waals surface area contributed by atoms with E-state index in [0.717, 1.165) is 18.5 Å². The minimum Gasteiger partial charge on any atom is -0.374 e. The molecule has 1 aromatic rings. The van der Waals surface area contributed by atoms with Gasteiger partial charge in [-0.3, -0.25) is 4.79 Å². The van der Waals surface area contributed by atoms with Gasteiger partial charge in [-0.25, -0.2) is 4.39 Å². The summed E-state index contributed by atoms with van der Waals surface area (Å²) >= 11 is 0. The summed E-state index contributed by atoms with van der Waals surface area (Å²) in [7, 11) is 0. The Hall–Kier alpha value is -1.62. The highest BCUT2D eigenvalue weighted by Crippen LogP contribution is 2.29. The van der Waals surface area contributed by atoms with Crippen LogP contribution >= 0.6 is 0 Å². The summed E-state index contributed by atoms with van der Waals surface area (Å²) in [6.07, 6.45) is 4.65. The van der Waals surface area contributed by atoms with Crippen LogP contribution in [0.3, 0.4) is 0 Å². The van der Waals surface area contributed by atoms with Crippen molar-refractivity contribution < 1.29 is 13.9 Å². The second-order valence-electron chi connectivity index (χ2n) is 7.05. The van der Waals surface area contributed by atoms with Crippen molar-refractivity contribution in [3.8, 4) is 0 Å². The van der Waals surface area contributed by atoms with Gasteiger partial charge in [-0.15, -0.1) is 0 Å². The van der Waals surface area contributed by atoms with Crippen LogP contribution in [0.5, 0.6) is 0 Å². The number of halogens is 1. The van der Waals surface area contributed by atoms with Gasteiger partial charge in [0.25, 0.3) is 0 Å². The number of hydrogen-bond donors (Lipinski definition) is 0. The number of amides is 1. The summed E-state index contributed by atoms with van der Waals surface area (Å²) in [6.45, 7) is 5.74. The van der Waals surface area contributed by atoms with Crippen LogP contribution in [-0.4, -0.2) is 48.7 Å². The summed E-state index contributed by atoms with van der Waals surface area (Å²) in [4.78, 5) is 17.0. The van der Waals surface area contributed by atoms with E-state index in [1.54, 1.807) is 12.1 Å². The predicted molar refractivity (Wildman–Crippen MR) is 92.6 cm³/mol. The molecule has 24 heavy (non-hydrogen) atoms. The summed E-state index contributed by atoms with van der Waals surface area (Å²) in [5, 5.41) is 0. The molecule has 2 atom stereocenters. The van der Waals surface area contributed by atoms with Gasteiger partial charge in [0.15, 0.2) is 0 Å². The van der Waals surface area contributed by atoms with E-state index in [1.165, 1.54) is 25.0 Å². The molecule has 1 heterocycles. The van der Waals surface area contributed by atoms with Crippen LogP contribution in [0.1, 0.15) is 39.5 Å². The fourth-order valence-electron chi connectivity index (χ4n) is 3.85. The zero-order chi connectivity index (χ0) is 17.1. The summed E-state index contributed by atoms with van der Waals surface area (Å²) in [5.41, 5.74) is 0.883. The Balaban J connectivity index is 1.72. The topological polar surface area (TPSA) is 32.8 Å². The maximum Gasteiger partial charge on any atom is 0.242 e. The van der Waals surface area contributed by atoms with E-state index in [0.29, 0.717) is 19.7 Å².